The van der Waals surface area contributed by atoms with E-state index in [1.54, 1.807) is 6.92 Å². The average Bonchev–Trinajstić information content (AvgIpc) is 2.14. The maximum atomic E-state index is 12.8. The van der Waals surface area contributed by atoms with Gasteiger partial charge in [-0.25, -0.2) is 8.78 Å². The first-order valence-corrected chi connectivity index (χ1v) is 5.13. The Balaban J connectivity index is 2.59. The van der Waals surface area contributed by atoms with Gasteiger partial charge in [-0.15, -0.1) is 0 Å². The van der Waals surface area contributed by atoms with Crippen LogP contribution >= 0.6 is 0 Å². The molecule has 1 rings (SSSR count). The van der Waals surface area contributed by atoms with Gasteiger partial charge in [-0.2, -0.15) is 0 Å². The van der Waals surface area contributed by atoms with Crippen LogP contribution in [0.2, 0.25) is 0 Å². The van der Waals surface area contributed by atoms with Gasteiger partial charge >= 0.3 is 5.97 Å². The van der Waals surface area contributed by atoms with E-state index >= 15 is 0 Å². The Morgan fingerprint density at radius 3 is 2.29 bits per heavy atom. The fourth-order valence-corrected chi connectivity index (χ4v) is 1.38. The number of hydrogen-bond donors (Lipinski definition) is 0. The predicted molar refractivity (Wildman–Crippen MR) is 56.3 cm³/mol. The van der Waals surface area contributed by atoms with E-state index < -0.39 is 23.4 Å². The van der Waals surface area contributed by atoms with Crippen molar-refractivity contribution in [3.05, 3.63) is 35.4 Å². The van der Waals surface area contributed by atoms with E-state index in [0.29, 0.717) is 0 Å². The third-order valence-electron chi connectivity index (χ3n) is 1.97. The molecule has 0 unspecified atom stereocenters. The Bertz CT molecular complexity index is 410. The minimum absolute atomic E-state index is 0.187. The van der Waals surface area contributed by atoms with E-state index in [4.69, 9.17) is 0 Å². The standard InChI is InChI=1S/C12H12F2O3/c1-2-17-12(16)7-11(15)5-8-3-9(13)6-10(14)4-8/h3-4,6H,2,5,7H2,1H3. The average molecular weight is 242 g/mol. The van der Waals surface area contributed by atoms with E-state index in [-0.39, 0.29) is 25.0 Å². The highest BCUT2D eigenvalue weighted by Gasteiger charge is 2.12. The molecule has 0 atom stereocenters. The van der Waals surface area contributed by atoms with Gasteiger partial charge in [0.25, 0.3) is 0 Å². The number of carbonyl (C=O) groups is 2. The molecule has 3 nitrogen and oxygen atoms in total. The van der Waals surface area contributed by atoms with Crippen molar-refractivity contribution in [1.82, 2.24) is 0 Å². The van der Waals surface area contributed by atoms with E-state index in [1.165, 1.54) is 0 Å². The second-order valence-electron chi connectivity index (χ2n) is 3.47. The first-order chi connectivity index (χ1) is 8.01. The van der Waals surface area contributed by atoms with Crippen molar-refractivity contribution in [3.8, 4) is 0 Å². The predicted octanol–water partition coefficient (Wildman–Crippen LogP) is 2.03. The largest absolute Gasteiger partial charge is 0.466 e. The molecule has 0 aliphatic heterocycles. The minimum atomic E-state index is -0.746. The van der Waals surface area contributed by atoms with Gasteiger partial charge in [0, 0.05) is 12.5 Å². The quantitative estimate of drug-likeness (QED) is 0.586. The zero-order chi connectivity index (χ0) is 12.8. The van der Waals surface area contributed by atoms with E-state index in [9.17, 15) is 18.4 Å². The molecule has 1 aromatic carbocycles. The number of Topliss-reactive ketones (excluding diaryl/α,β-unsaturated/α-hetero) is 1. The Labute approximate surface area is 97.4 Å². The topological polar surface area (TPSA) is 43.4 Å². The second-order valence-corrected chi connectivity index (χ2v) is 3.47. The number of carbonyl (C=O) groups excluding carboxylic acids is 2. The van der Waals surface area contributed by atoms with Crippen molar-refractivity contribution in [2.45, 2.75) is 19.8 Å². The molecule has 0 N–H and O–H groups in total. The van der Waals surface area contributed by atoms with Gasteiger partial charge in [-0.1, -0.05) is 0 Å². The summed E-state index contributed by atoms with van der Waals surface area (Å²) in [7, 11) is 0. The maximum Gasteiger partial charge on any atom is 0.313 e. The van der Waals surface area contributed by atoms with Crippen molar-refractivity contribution >= 4 is 11.8 Å². The molecule has 0 fully saturated rings. The summed E-state index contributed by atoms with van der Waals surface area (Å²) < 4.78 is 30.2. The van der Waals surface area contributed by atoms with Gasteiger partial charge in [0.2, 0.25) is 0 Å². The first kappa shape index (κ1) is 13.3. The summed E-state index contributed by atoms with van der Waals surface area (Å²) in [5.74, 6) is -2.56. The second kappa shape index (κ2) is 6.08. The Morgan fingerprint density at radius 2 is 1.76 bits per heavy atom. The van der Waals surface area contributed by atoms with Crippen LogP contribution in [-0.4, -0.2) is 18.4 Å². The summed E-state index contributed by atoms with van der Waals surface area (Å²) >= 11 is 0. The lowest BCUT2D eigenvalue weighted by molar-refractivity contribution is -0.145. The Kier molecular flexibility index (Phi) is 4.75. The van der Waals surface area contributed by atoms with E-state index in [2.05, 4.69) is 4.74 Å². The highest BCUT2D eigenvalue weighted by Crippen LogP contribution is 2.09. The number of esters is 1. The molecule has 0 saturated heterocycles. The third kappa shape index (κ3) is 4.72. The number of ether oxygens (including phenoxy) is 1. The molecule has 92 valence electrons. The summed E-state index contributed by atoms with van der Waals surface area (Å²) in [6, 6.07) is 2.84. The first-order valence-electron chi connectivity index (χ1n) is 5.13. The van der Waals surface area contributed by atoms with Crippen molar-refractivity contribution in [3.63, 3.8) is 0 Å². The summed E-state index contributed by atoms with van der Waals surface area (Å²) in [4.78, 5) is 22.4. The molecule has 0 aliphatic carbocycles. The van der Waals surface area contributed by atoms with Gasteiger partial charge < -0.3 is 4.74 Å². The number of hydrogen-bond acceptors (Lipinski definition) is 3. The molecular weight excluding hydrogens is 230 g/mol. The van der Waals surface area contributed by atoms with Crippen molar-refractivity contribution in [2.24, 2.45) is 0 Å². The molecule has 5 heteroatoms. The Morgan fingerprint density at radius 1 is 1.18 bits per heavy atom. The van der Waals surface area contributed by atoms with Crippen molar-refractivity contribution in [2.75, 3.05) is 6.61 Å². The van der Waals surface area contributed by atoms with Crippen molar-refractivity contribution < 1.29 is 23.1 Å². The van der Waals surface area contributed by atoms with Gasteiger partial charge in [0.05, 0.1) is 6.61 Å². The minimum Gasteiger partial charge on any atom is -0.466 e. The summed E-state index contributed by atoms with van der Waals surface area (Å²) in [5, 5.41) is 0. The molecule has 0 heterocycles. The van der Waals surface area contributed by atoms with E-state index in [1.807, 2.05) is 0 Å². The molecule has 0 amide bonds. The maximum absolute atomic E-state index is 12.8. The van der Waals surface area contributed by atoms with Gasteiger partial charge in [-0.05, 0) is 24.6 Å². The van der Waals surface area contributed by atoms with Crippen LogP contribution in [0.25, 0.3) is 0 Å². The van der Waals surface area contributed by atoms with Crippen LogP contribution in [0.4, 0.5) is 8.78 Å². The van der Waals surface area contributed by atoms with Crippen LogP contribution in [0.15, 0.2) is 18.2 Å². The Hall–Kier alpha value is -1.78. The fraction of sp³-hybridized carbons (Fsp3) is 0.333. The number of halogens is 2. The zero-order valence-electron chi connectivity index (χ0n) is 9.33. The van der Waals surface area contributed by atoms with Crippen LogP contribution in [0.5, 0.6) is 0 Å². The lowest BCUT2D eigenvalue weighted by atomic mass is 10.1. The fourth-order valence-electron chi connectivity index (χ4n) is 1.38. The SMILES string of the molecule is CCOC(=O)CC(=O)Cc1cc(F)cc(F)c1. The smallest absolute Gasteiger partial charge is 0.313 e. The molecule has 0 saturated carbocycles. The van der Waals surface area contributed by atoms with Crippen LogP contribution in [0.3, 0.4) is 0 Å². The van der Waals surface area contributed by atoms with Gasteiger partial charge in [0.1, 0.15) is 23.8 Å². The summed E-state index contributed by atoms with van der Waals surface area (Å²) in [5.41, 5.74) is 0.205. The van der Waals surface area contributed by atoms with Gasteiger partial charge in [0.15, 0.2) is 0 Å². The highest BCUT2D eigenvalue weighted by atomic mass is 19.1. The molecule has 1 aromatic rings. The highest BCUT2D eigenvalue weighted by molar-refractivity contribution is 5.96. The molecule has 0 radical (unpaired) electrons. The molecule has 0 bridgehead atoms. The number of rotatable bonds is 5. The molecule has 0 aliphatic rings. The molecule has 17 heavy (non-hydrogen) atoms. The van der Waals surface area contributed by atoms with Crippen molar-refractivity contribution in [1.29, 1.82) is 0 Å². The molecular formula is C12H12F2O3. The van der Waals surface area contributed by atoms with E-state index in [0.717, 1.165) is 18.2 Å². The third-order valence-corrected chi connectivity index (χ3v) is 1.97. The molecule has 0 aromatic heterocycles. The lowest BCUT2D eigenvalue weighted by Crippen LogP contribution is -2.13. The van der Waals surface area contributed by atoms with Crippen LogP contribution in [-0.2, 0) is 20.7 Å². The number of benzene rings is 1. The molecule has 0 spiro atoms. The number of ketones is 1. The lowest BCUT2D eigenvalue weighted by Gasteiger charge is -2.02. The van der Waals surface area contributed by atoms with Crippen LogP contribution in [0.1, 0.15) is 18.9 Å². The normalized spacial score (nSPS) is 10.1. The summed E-state index contributed by atoms with van der Waals surface area (Å²) in [6.45, 7) is 1.82. The summed E-state index contributed by atoms with van der Waals surface area (Å²) in [6.07, 6.45) is -0.570. The van der Waals surface area contributed by atoms with Crippen LogP contribution < -0.4 is 0 Å². The zero-order valence-corrected chi connectivity index (χ0v) is 9.33. The van der Waals surface area contributed by atoms with Gasteiger partial charge in [-0.3, -0.25) is 9.59 Å². The van der Waals surface area contributed by atoms with Crippen LogP contribution in [0, 0.1) is 11.6 Å². The monoisotopic (exact) mass is 242 g/mol.